The number of aliphatic carboxylic acids is 1. The molecule has 0 radical (unpaired) electrons. The topological polar surface area (TPSA) is 104 Å². The van der Waals surface area contributed by atoms with Crippen molar-refractivity contribution in [2.45, 2.75) is 109 Å². The van der Waals surface area contributed by atoms with Crippen LogP contribution < -0.4 is 34.7 Å². The Hall–Kier alpha value is 0.340. The molecule has 0 bridgehead atoms. The first-order valence-electron chi connectivity index (χ1n) is 9.70. The fourth-order valence-electron chi connectivity index (χ4n) is 2.91. The molecule has 8 heteroatoms. The standard InChI is InChI=1S/C18H36O6S.Na/c1-2-3-4-5-6-8-11-14-17(24-25(21,22)23)15-12-9-7-10-13-16-18(19)20;/h17H,2-16H2,1H3,(H,19,20)(H,21,22,23);/q;+1/p-1. The Morgan fingerprint density at radius 1 is 0.885 bits per heavy atom. The van der Waals surface area contributed by atoms with Crippen molar-refractivity contribution in [1.82, 2.24) is 0 Å². The summed E-state index contributed by atoms with van der Waals surface area (Å²) >= 11 is 0. The fourth-order valence-corrected chi connectivity index (χ4v) is 3.45. The zero-order chi connectivity index (χ0) is 19.0. The van der Waals surface area contributed by atoms with Gasteiger partial charge in [0.25, 0.3) is 0 Å². The second-order valence-corrected chi connectivity index (χ2v) is 7.78. The van der Waals surface area contributed by atoms with Crippen molar-refractivity contribution < 1.29 is 56.6 Å². The normalized spacial score (nSPS) is 12.5. The second kappa shape index (κ2) is 18.7. The molecule has 0 aromatic heterocycles. The minimum Gasteiger partial charge on any atom is -0.550 e. The zero-order valence-corrected chi connectivity index (χ0v) is 19.4. The molecule has 0 saturated carbocycles. The molecule has 0 heterocycles. The number of hydrogen-bond acceptors (Lipinski definition) is 5. The molecule has 0 aliphatic rings. The molecule has 0 spiro atoms. The molecule has 0 aliphatic carbocycles. The van der Waals surface area contributed by atoms with Crippen molar-refractivity contribution in [2.75, 3.05) is 0 Å². The number of carboxylic acids is 1. The summed E-state index contributed by atoms with van der Waals surface area (Å²) in [5.41, 5.74) is 0. The van der Waals surface area contributed by atoms with E-state index in [-0.39, 0.29) is 36.0 Å². The van der Waals surface area contributed by atoms with Crippen molar-refractivity contribution in [3.05, 3.63) is 0 Å². The van der Waals surface area contributed by atoms with Crippen LogP contribution in [0.4, 0.5) is 0 Å². The van der Waals surface area contributed by atoms with Gasteiger partial charge in [0.1, 0.15) is 0 Å². The van der Waals surface area contributed by atoms with Crippen LogP contribution in [0.15, 0.2) is 0 Å². The van der Waals surface area contributed by atoms with E-state index in [0.717, 1.165) is 44.9 Å². The first-order valence-corrected chi connectivity index (χ1v) is 11.1. The van der Waals surface area contributed by atoms with Crippen LogP contribution in [0.1, 0.15) is 103 Å². The van der Waals surface area contributed by atoms with Gasteiger partial charge >= 0.3 is 40.0 Å². The fraction of sp³-hybridized carbons (Fsp3) is 0.944. The van der Waals surface area contributed by atoms with Gasteiger partial charge in [-0.1, -0.05) is 77.6 Å². The van der Waals surface area contributed by atoms with Crippen LogP contribution in [-0.4, -0.2) is 25.0 Å². The molecule has 1 N–H and O–H groups in total. The molecule has 6 nitrogen and oxygen atoms in total. The predicted molar refractivity (Wildman–Crippen MR) is 96.4 cm³/mol. The summed E-state index contributed by atoms with van der Waals surface area (Å²) in [6, 6.07) is 0. The smallest absolute Gasteiger partial charge is 0.550 e. The van der Waals surface area contributed by atoms with Crippen molar-refractivity contribution in [1.29, 1.82) is 0 Å². The second-order valence-electron chi connectivity index (χ2n) is 6.73. The van der Waals surface area contributed by atoms with Gasteiger partial charge in [0.2, 0.25) is 0 Å². The molecule has 0 aromatic carbocycles. The number of carbonyl (C=O) groups is 1. The van der Waals surface area contributed by atoms with Gasteiger partial charge in [0, 0.05) is 5.97 Å². The number of carbonyl (C=O) groups excluding carboxylic acids is 1. The Balaban J connectivity index is 0. The summed E-state index contributed by atoms with van der Waals surface area (Å²) in [5, 5.41) is 10.3. The summed E-state index contributed by atoms with van der Waals surface area (Å²) in [7, 11) is -4.41. The Morgan fingerprint density at radius 2 is 1.31 bits per heavy atom. The monoisotopic (exact) mass is 402 g/mol. The minimum atomic E-state index is -4.41. The summed E-state index contributed by atoms with van der Waals surface area (Å²) < 4.78 is 35.6. The summed E-state index contributed by atoms with van der Waals surface area (Å²) in [6.45, 7) is 2.18. The molecule has 1 unspecified atom stereocenters. The van der Waals surface area contributed by atoms with Gasteiger partial charge in [-0.05, 0) is 25.7 Å². The number of unbranched alkanes of at least 4 members (excludes halogenated alkanes) is 10. The summed E-state index contributed by atoms with van der Waals surface area (Å²) in [5.74, 6) is -1.02. The minimum absolute atomic E-state index is 0. The summed E-state index contributed by atoms with van der Waals surface area (Å²) in [4.78, 5) is 10.3. The molecule has 0 amide bonds. The van der Waals surface area contributed by atoms with Gasteiger partial charge in [-0.3, -0.25) is 4.55 Å². The van der Waals surface area contributed by atoms with Crippen LogP contribution in [0.3, 0.4) is 0 Å². The molecule has 26 heavy (non-hydrogen) atoms. The Bertz CT molecular complexity index is 427. The van der Waals surface area contributed by atoms with E-state index >= 15 is 0 Å². The maximum atomic E-state index is 11.0. The van der Waals surface area contributed by atoms with Crippen LogP contribution in [-0.2, 0) is 19.4 Å². The van der Waals surface area contributed by atoms with Crippen molar-refractivity contribution in [3.63, 3.8) is 0 Å². The average molecular weight is 403 g/mol. The van der Waals surface area contributed by atoms with Gasteiger partial charge in [0.05, 0.1) is 6.10 Å². The summed E-state index contributed by atoms with van der Waals surface area (Å²) in [6.07, 6.45) is 13.0. The van der Waals surface area contributed by atoms with Crippen molar-refractivity contribution in [3.8, 4) is 0 Å². The number of carboxylic acid groups (broad SMARTS) is 1. The van der Waals surface area contributed by atoms with Crippen LogP contribution in [0.2, 0.25) is 0 Å². The zero-order valence-electron chi connectivity index (χ0n) is 16.6. The molecule has 0 aliphatic heterocycles. The third kappa shape index (κ3) is 22.4. The van der Waals surface area contributed by atoms with E-state index in [4.69, 9.17) is 8.74 Å². The molecule has 1 atom stereocenters. The van der Waals surface area contributed by atoms with Crippen molar-refractivity contribution >= 4 is 16.4 Å². The Labute approximate surface area is 181 Å². The third-order valence-electron chi connectivity index (χ3n) is 4.29. The van der Waals surface area contributed by atoms with Gasteiger partial charge in [-0.25, -0.2) is 4.18 Å². The van der Waals surface area contributed by atoms with Crippen LogP contribution in [0.5, 0.6) is 0 Å². The maximum Gasteiger partial charge on any atom is 1.00 e. The van der Waals surface area contributed by atoms with Gasteiger partial charge in [0.15, 0.2) is 0 Å². The van der Waals surface area contributed by atoms with Crippen LogP contribution >= 0.6 is 0 Å². The molecule has 0 fully saturated rings. The Morgan fingerprint density at radius 3 is 1.73 bits per heavy atom. The van der Waals surface area contributed by atoms with Crippen molar-refractivity contribution in [2.24, 2.45) is 0 Å². The van der Waals surface area contributed by atoms with E-state index in [1.54, 1.807) is 0 Å². The number of hydrogen-bond donors (Lipinski definition) is 1. The van der Waals surface area contributed by atoms with E-state index in [1.807, 2.05) is 0 Å². The molecule has 0 rings (SSSR count). The number of rotatable bonds is 18. The molecular formula is C18H35NaO6S. The SMILES string of the molecule is CCCCCCCCCC(CCCCCCCC(=O)[O-])OS(=O)(=O)O.[Na+]. The first-order chi connectivity index (χ1) is 11.8. The quantitative estimate of drug-likeness (QED) is 0.207. The van der Waals surface area contributed by atoms with Gasteiger partial charge in [-0.15, -0.1) is 0 Å². The van der Waals surface area contributed by atoms with Crippen LogP contribution in [0, 0.1) is 0 Å². The van der Waals surface area contributed by atoms with E-state index in [2.05, 4.69) is 6.92 Å². The predicted octanol–water partition coefficient (Wildman–Crippen LogP) is 0.800. The Kier molecular flexibility index (Phi) is 20.5. The molecule has 150 valence electrons. The molecular weight excluding hydrogens is 367 g/mol. The van der Waals surface area contributed by atoms with E-state index in [0.29, 0.717) is 19.3 Å². The van der Waals surface area contributed by atoms with Gasteiger partial charge in [-0.2, -0.15) is 8.42 Å². The van der Waals surface area contributed by atoms with Gasteiger partial charge < -0.3 is 9.90 Å². The first kappa shape index (κ1) is 28.5. The maximum absolute atomic E-state index is 11.0. The van der Waals surface area contributed by atoms with Crippen LogP contribution in [0.25, 0.3) is 0 Å². The van der Waals surface area contributed by atoms with E-state index in [1.165, 1.54) is 25.7 Å². The van der Waals surface area contributed by atoms with E-state index < -0.39 is 22.5 Å². The largest absolute Gasteiger partial charge is 1.00 e. The molecule has 0 saturated heterocycles. The molecule has 0 aromatic rings. The van der Waals surface area contributed by atoms with E-state index in [9.17, 15) is 18.3 Å². The average Bonchev–Trinajstić information content (AvgIpc) is 2.51. The third-order valence-corrected chi connectivity index (χ3v) is 4.81.